The van der Waals surface area contributed by atoms with Crippen molar-refractivity contribution in [1.82, 2.24) is 10.6 Å². The number of ether oxygens (including phenoxy) is 1. The van der Waals surface area contributed by atoms with Gasteiger partial charge in [0.1, 0.15) is 5.75 Å². The van der Waals surface area contributed by atoms with Crippen molar-refractivity contribution in [3.63, 3.8) is 0 Å². The molecule has 0 unspecified atom stereocenters. The third-order valence-corrected chi connectivity index (χ3v) is 4.70. The van der Waals surface area contributed by atoms with Crippen LogP contribution in [0.2, 0.25) is 0 Å². The summed E-state index contributed by atoms with van der Waals surface area (Å²) in [6.07, 6.45) is 0. The average molecular weight is 374 g/mol. The predicted molar refractivity (Wildman–Crippen MR) is 112 cm³/mol. The number of carbonyl (C=O) groups is 1. The molecule has 0 saturated carbocycles. The molecule has 4 nitrogen and oxygen atoms in total. The molecule has 0 aliphatic rings. The van der Waals surface area contributed by atoms with Crippen LogP contribution < -0.4 is 15.4 Å². The lowest BCUT2D eigenvalue weighted by molar-refractivity contribution is -0.123. The molecular formula is C24H26N2O2. The van der Waals surface area contributed by atoms with Gasteiger partial charge in [0.2, 0.25) is 5.91 Å². The predicted octanol–water partition coefficient (Wildman–Crippen LogP) is 4.08. The molecule has 0 heterocycles. The third kappa shape index (κ3) is 5.21. The van der Waals surface area contributed by atoms with Crippen molar-refractivity contribution in [2.45, 2.75) is 25.6 Å². The molecule has 3 rings (SSSR count). The lowest BCUT2D eigenvalue weighted by Crippen LogP contribution is -2.43. The second-order valence-corrected chi connectivity index (χ2v) is 6.71. The molecule has 0 fully saturated rings. The van der Waals surface area contributed by atoms with Crippen LogP contribution in [0.4, 0.5) is 0 Å². The topological polar surface area (TPSA) is 50.4 Å². The molecule has 0 bridgehead atoms. The van der Waals surface area contributed by atoms with Gasteiger partial charge in [0.15, 0.2) is 0 Å². The van der Waals surface area contributed by atoms with Crippen molar-refractivity contribution >= 4 is 5.91 Å². The van der Waals surface area contributed by atoms with Crippen LogP contribution in [-0.4, -0.2) is 19.1 Å². The van der Waals surface area contributed by atoms with E-state index in [0.717, 1.165) is 22.4 Å². The van der Waals surface area contributed by atoms with Gasteiger partial charge in [0, 0.05) is 6.54 Å². The van der Waals surface area contributed by atoms with Gasteiger partial charge in [-0.15, -0.1) is 0 Å². The summed E-state index contributed by atoms with van der Waals surface area (Å²) < 4.78 is 5.16. The zero-order chi connectivity index (χ0) is 19.8. The minimum absolute atomic E-state index is 0.0346. The number of methoxy groups -OCH3 is 1. The van der Waals surface area contributed by atoms with Crippen molar-refractivity contribution in [2.24, 2.45) is 0 Å². The highest BCUT2D eigenvalue weighted by Gasteiger charge is 2.20. The Morgan fingerprint density at radius 3 is 1.89 bits per heavy atom. The molecule has 3 aromatic carbocycles. The molecule has 0 radical (unpaired) electrons. The molecule has 0 saturated heterocycles. The minimum atomic E-state index is -0.344. The SMILES string of the molecule is COc1ccc(CNC(=O)[C@@H](C)NC(c2ccccc2)c2ccccc2)cc1. The minimum Gasteiger partial charge on any atom is -0.497 e. The lowest BCUT2D eigenvalue weighted by Gasteiger charge is -2.24. The first-order chi connectivity index (χ1) is 13.7. The van der Waals surface area contributed by atoms with Gasteiger partial charge >= 0.3 is 0 Å². The highest BCUT2D eigenvalue weighted by atomic mass is 16.5. The Kier molecular flexibility index (Phi) is 6.82. The second-order valence-electron chi connectivity index (χ2n) is 6.71. The Morgan fingerprint density at radius 2 is 1.39 bits per heavy atom. The van der Waals surface area contributed by atoms with Gasteiger partial charge < -0.3 is 10.1 Å². The van der Waals surface area contributed by atoms with E-state index in [2.05, 4.69) is 34.9 Å². The van der Waals surface area contributed by atoms with Crippen molar-refractivity contribution in [1.29, 1.82) is 0 Å². The zero-order valence-corrected chi connectivity index (χ0v) is 16.3. The maximum atomic E-state index is 12.6. The van der Waals surface area contributed by atoms with Gasteiger partial charge in [0.25, 0.3) is 0 Å². The maximum absolute atomic E-state index is 12.6. The lowest BCUT2D eigenvalue weighted by atomic mass is 9.98. The van der Waals surface area contributed by atoms with Crippen molar-refractivity contribution in [3.8, 4) is 5.75 Å². The molecule has 0 aromatic heterocycles. The smallest absolute Gasteiger partial charge is 0.237 e. The summed E-state index contributed by atoms with van der Waals surface area (Å²) in [6.45, 7) is 2.37. The van der Waals surface area contributed by atoms with Crippen LogP contribution in [0, 0.1) is 0 Å². The molecule has 1 amide bonds. The van der Waals surface area contributed by atoms with Gasteiger partial charge in [0.05, 0.1) is 19.2 Å². The fraction of sp³-hybridized carbons (Fsp3) is 0.208. The molecular weight excluding hydrogens is 348 g/mol. The van der Waals surface area contributed by atoms with E-state index in [9.17, 15) is 4.79 Å². The highest BCUT2D eigenvalue weighted by Crippen LogP contribution is 2.22. The van der Waals surface area contributed by atoms with E-state index in [1.54, 1.807) is 7.11 Å². The van der Waals surface area contributed by atoms with Gasteiger partial charge in [-0.05, 0) is 35.7 Å². The fourth-order valence-electron chi connectivity index (χ4n) is 3.09. The molecule has 0 aliphatic heterocycles. The molecule has 3 aromatic rings. The molecule has 1 atom stereocenters. The molecule has 144 valence electrons. The van der Waals surface area contributed by atoms with Crippen LogP contribution in [0.5, 0.6) is 5.75 Å². The van der Waals surface area contributed by atoms with Gasteiger partial charge in [-0.1, -0.05) is 72.8 Å². The first-order valence-corrected chi connectivity index (χ1v) is 9.44. The fourth-order valence-corrected chi connectivity index (χ4v) is 3.09. The second kappa shape index (κ2) is 9.72. The van der Waals surface area contributed by atoms with E-state index < -0.39 is 0 Å². The Labute approximate surface area is 166 Å². The van der Waals surface area contributed by atoms with E-state index in [-0.39, 0.29) is 18.0 Å². The Bertz CT molecular complexity index is 825. The van der Waals surface area contributed by atoms with E-state index in [4.69, 9.17) is 4.74 Å². The van der Waals surface area contributed by atoms with Crippen LogP contribution in [0.15, 0.2) is 84.9 Å². The zero-order valence-electron chi connectivity index (χ0n) is 16.3. The van der Waals surface area contributed by atoms with Crippen molar-refractivity contribution in [2.75, 3.05) is 7.11 Å². The first kappa shape index (κ1) is 19.6. The molecule has 0 spiro atoms. The van der Waals surface area contributed by atoms with Gasteiger partial charge in [-0.2, -0.15) is 0 Å². The summed E-state index contributed by atoms with van der Waals surface area (Å²) in [5, 5.41) is 6.47. The van der Waals surface area contributed by atoms with Crippen molar-refractivity contribution in [3.05, 3.63) is 102 Å². The summed E-state index contributed by atoms with van der Waals surface area (Å²) in [6, 6.07) is 27.7. The number of hydrogen-bond acceptors (Lipinski definition) is 3. The quantitative estimate of drug-likeness (QED) is 0.625. The largest absolute Gasteiger partial charge is 0.497 e. The van der Waals surface area contributed by atoms with Crippen LogP contribution in [0.1, 0.15) is 29.7 Å². The number of carbonyl (C=O) groups excluding carboxylic acids is 1. The van der Waals surface area contributed by atoms with E-state index in [1.807, 2.05) is 67.6 Å². The maximum Gasteiger partial charge on any atom is 0.237 e. The summed E-state index contributed by atoms with van der Waals surface area (Å²) >= 11 is 0. The van der Waals surface area contributed by atoms with Gasteiger partial charge in [-0.25, -0.2) is 0 Å². The Morgan fingerprint density at radius 1 is 0.857 bits per heavy atom. The first-order valence-electron chi connectivity index (χ1n) is 9.44. The normalized spacial score (nSPS) is 11.8. The molecule has 28 heavy (non-hydrogen) atoms. The third-order valence-electron chi connectivity index (χ3n) is 4.70. The summed E-state index contributed by atoms with van der Waals surface area (Å²) in [5.74, 6) is 0.770. The van der Waals surface area contributed by atoms with E-state index >= 15 is 0 Å². The Hall–Kier alpha value is -3.11. The van der Waals surface area contributed by atoms with Crippen LogP contribution in [0.3, 0.4) is 0 Å². The van der Waals surface area contributed by atoms with Crippen LogP contribution in [0.25, 0.3) is 0 Å². The summed E-state index contributed by atoms with van der Waals surface area (Å²) in [5.41, 5.74) is 3.29. The van der Waals surface area contributed by atoms with E-state index in [0.29, 0.717) is 6.54 Å². The standard InChI is InChI=1S/C24H26N2O2/c1-18(24(27)25-17-19-13-15-22(28-2)16-14-19)26-23(20-9-5-3-6-10-20)21-11-7-4-8-12-21/h3-16,18,23,26H,17H2,1-2H3,(H,25,27)/t18-/m1/s1. The number of benzene rings is 3. The van der Waals surface area contributed by atoms with Gasteiger partial charge in [-0.3, -0.25) is 10.1 Å². The summed E-state index contributed by atoms with van der Waals surface area (Å²) in [4.78, 5) is 12.6. The van der Waals surface area contributed by atoms with Crippen molar-refractivity contribution < 1.29 is 9.53 Å². The number of rotatable bonds is 8. The average Bonchev–Trinajstić information content (AvgIpc) is 2.77. The molecule has 0 aliphatic carbocycles. The highest BCUT2D eigenvalue weighted by molar-refractivity contribution is 5.81. The summed E-state index contributed by atoms with van der Waals surface area (Å²) in [7, 11) is 1.64. The van der Waals surface area contributed by atoms with Crippen LogP contribution in [-0.2, 0) is 11.3 Å². The molecule has 4 heteroatoms. The van der Waals surface area contributed by atoms with E-state index in [1.165, 1.54) is 0 Å². The number of amides is 1. The monoisotopic (exact) mass is 374 g/mol. The Balaban J connectivity index is 1.65. The number of nitrogens with one attached hydrogen (secondary N) is 2. The molecule has 2 N–H and O–H groups in total. The van der Waals surface area contributed by atoms with Crippen LogP contribution >= 0.6 is 0 Å². The number of hydrogen-bond donors (Lipinski definition) is 2.